The Bertz CT molecular complexity index is 1490. The molecule has 1 amide bonds. The van der Waals surface area contributed by atoms with Crippen molar-refractivity contribution < 1.29 is 23.8 Å². The Morgan fingerprint density at radius 1 is 1.03 bits per heavy atom. The normalized spacial score (nSPS) is 16.3. The summed E-state index contributed by atoms with van der Waals surface area (Å²) < 4.78 is 18.9. The maximum absolute atomic E-state index is 13.2. The van der Waals surface area contributed by atoms with Crippen molar-refractivity contribution in [2.75, 3.05) is 4.90 Å². The zero-order valence-electron chi connectivity index (χ0n) is 19.9. The molecule has 1 aliphatic rings. The molecule has 0 radical (unpaired) electrons. The van der Waals surface area contributed by atoms with Gasteiger partial charge in [-0.05, 0) is 66.6 Å². The molecule has 186 valence electrons. The third-order valence-corrected chi connectivity index (χ3v) is 6.48. The molecular formula is C28H23FN4O4. The van der Waals surface area contributed by atoms with Crippen LogP contribution in [0.25, 0.3) is 11.4 Å². The average Bonchev–Trinajstić information content (AvgIpc) is 3.26. The van der Waals surface area contributed by atoms with Gasteiger partial charge in [-0.2, -0.15) is 0 Å². The molecule has 0 fully saturated rings. The summed E-state index contributed by atoms with van der Waals surface area (Å²) in [5, 5.41) is 10.3. The van der Waals surface area contributed by atoms with Gasteiger partial charge in [0, 0.05) is 23.7 Å². The topological polar surface area (TPSA) is 119 Å². The molecule has 0 saturated heterocycles. The van der Waals surface area contributed by atoms with Crippen LogP contribution in [-0.2, 0) is 11.2 Å². The number of fused-ring (bicyclic) bond motifs is 1. The highest BCUT2D eigenvalue weighted by molar-refractivity contribution is 5.95. The second kappa shape index (κ2) is 9.34. The summed E-state index contributed by atoms with van der Waals surface area (Å²) in [5.41, 5.74) is 6.42. The Kier molecular flexibility index (Phi) is 6.04. The molecule has 1 atom stereocenters. The largest absolute Gasteiger partial charge is 0.479 e. The lowest BCUT2D eigenvalue weighted by Crippen LogP contribution is -2.51. The van der Waals surface area contributed by atoms with Crippen molar-refractivity contribution in [2.24, 2.45) is 5.73 Å². The summed E-state index contributed by atoms with van der Waals surface area (Å²) in [6.45, 7) is 1.81. The zero-order valence-corrected chi connectivity index (χ0v) is 19.9. The van der Waals surface area contributed by atoms with Crippen molar-refractivity contribution in [1.29, 1.82) is 0 Å². The molecule has 0 aliphatic carbocycles. The van der Waals surface area contributed by atoms with Crippen LogP contribution < -0.4 is 15.4 Å². The predicted octanol–water partition coefficient (Wildman–Crippen LogP) is 5.10. The highest BCUT2D eigenvalue weighted by atomic mass is 19.1. The number of aromatic nitrogens is 2. The molecular weight excluding hydrogens is 475 g/mol. The van der Waals surface area contributed by atoms with Gasteiger partial charge in [0.1, 0.15) is 34.4 Å². The first-order valence-electron chi connectivity index (χ1n) is 11.6. The van der Waals surface area contributed by atoms with E-state index in [0.29, 0.717) is 29.2 Å². The first kappa shape index (κ1) is 23.9. The van der Waals surface area contributed by atoms with E-state index in [0.717, 1.165) is 5.56 Å². The quantitative estimate of drug-likeness (QED) is 0.364. The summed E-state index contributed by atoms with van der Waals surface area (Å²) in [6, 6.07) is 21.3. The number of carboxylic acid groups (broad SMARTS) is 1. The number of carbonyl (C=O) groups is 2. The number of benzene rings is 3. The van der Waals surface area contributed by atoms with Crippen molar-refractivity contribution in [3.8, 4) is 22.9 Å². The molecule has 9 heteroatoms. The van der Waals surface area contributed by atoms with Crippen LogP contribution in [0.5, 0.6) is 11.5 Å². The number of primary amides is 1. The summed E-state index contributed by atoms with van der Waals surface area (Å²) in [7, 11) is 0. The van der Waals surface area contributed by atoms with Crippen LogP contribution in [-0.4, -0.2) is 32.5 Å². The van der Waals surface area contributed by atoms with E-state index in [1.165, 1.54) is 30.3 Å². The molecule has 1 aliphatic heterocycles. The fourth-order valence-electron chi connectivity index (χ4n) is 4.57. The molecule has 8 nitrogen and oxygen atoms in total. The Labute approximate surface area is 212 Å². The number of aliphatic carboxylic acids is 1. The van der Waals surface area contributed by atoms with Gasteiger partial charge in [0.25, 0.3) is 5.91 Å². The van der Waals surface area contributed by atoms with E-state index in [4.69, 9.17) is 10.5 Å². The molecule has 0 spiro atoms. The second-order valence-corrected chi connectivity index (χ2v) is 8.71. The number of para-hydroxylation sites is 1. The monoisotopic (exact) mass is 498 g/mol. The minimum absolute atomic E-state index is 0.0357. The van der Waals surface area contributed by atoms with Gasteiger partial charge in [0.05, 0.1) is 0 Å². The fraction of sp³-hybridized carbons (Fsp3) is 0.143. The molecule has 2 heterocycles. The number of hydrogen-bond donors (Lipinski definition) is 2. The zero-order chi connectivity index (χ0) is 26.2. The number of carboxylic acids is 1. The number of ether oxygens (including phenoxy) is 1. The van der Waals surface area contributed by atoms with Crippen LogP contribution in [0, 0.1) is 5.82 Å². The van der Waals surface area contributed by atoms with Gasteiger partial charge in [-0.25, -0.2) is 19.2 Å². The first-order valence-corrected chi connectivity index (χ1v) is 11.6. The van der Waals surface area contributed by atoms with Crippen LogP contribution in [0.15, 0.2) is 78.9 Å². The van der Waals surface area contributed by atoms with Crippen LogP contribution in [0.3, 0.4) is 0 Å². The van der Waals surface area contributed by atoms with E-state index in [1.807, 2.05) is 31.2 Å². The highest BCUT2D eigenvalue weighted by Crippen LogP contribution is 2.45. The van der Waals surface area contributed by atoms with Crippen LogP contribution >= 0.6 is 0 Å². The smallest absolute Gasteiger partial charge is 0.330 e. The van der Waals surface area contributed by atoms with Gasteiger partial charge in [-0.15, -0.1) is 0 Å². The van der Waals surface area contributed by atoms with E-state index >= 15 is 0 Å². The molecule has 3 N–H and O–H groups in total. The van der Waals surface area contributed by atoms with Gasteiger partial charge in [0.2, 0.25) is 0 Å². The van der Waals surface area contributed by atoms with Crippen LogP contribution in [0.4, 0.5) is 15.9 Å². The SMILES string of the molecule is CCC1(C(=O)O)Cc2ccccc2N1c1cc(C(N)=O)nc(-c2ccc(Oc3ccc(F)cc3)cc2)n1. The first-order chi connectivity index (χ1) is 17.8. The minimum Gasteiger partial charge on any atom is -0.479 e. The molecule has 1 unspecified atom stereocenters. The molecule has 37 heavy (non-hydrogen) atoms. The number of nitrogens with two attached hydrogens (primary N) is 1. The van der Waals surface area contributed by atoms with Gasteiger partial charge in [-0.1, -0.05) is 25.1 Å². The lowest BCUT2D eigenvalue weighted by Gasteiger charge is -2.35. The second-order valence-electron chi connectivity index (χ2n) is 8.71. The number of anilines is 2. The Balaban J connectivity index is 1.57. The molecule has 0 saturated carbocycles. The summed E-state index contributed by atoms with van der Waals surface area (Å²) in [6.07, 6.45) is 0.591. The number of carbonyl (C=O) groups excluding carboxylic acids is 1. The van der Waals surface area contributed by atoms with Crippen molar-refractivity contribution in [1.82, 2.24) is 9.97 Å². The highest BCUT2D eigenvalue weighted by Gasteiger charge is 2.50. The third-order valence-electron chi connectivity index (χ3n) is 6.48. The fourth-order valence-corrected chi connectivity index (χ4v) is 4.57. The van der Waals surface area contributed by atoms with Gasteiger partial charge in [0.15, 0.2) is 5.82 Å². The van der Waals surface area contributed by atoms with Crippen molar-refractivity contribution >= 4 is 23.4 Å². The number of nitrogens with zero attached hydrogens (tertiary/aromatic N) is 3. The molecule has 3 aromatic carbocycles. The average molecular weight is 499 g/mol. The summed E-state index contributed by atoms with van der Waals surface area (Å²) in [4.78, 5) is 35.4. The van der Waals surface area contributed by atoms with E-state index < -0.39 is 17.4 Å². The van der Waals surface area contributed by atoms with Crippen molar-refractivity contribution in [2.45, 2.75) is 25.3 Å². The Morgan fingerprint density at radius 3 is 2.30 bits per heavy atom. The summed E-state index contributed by atoms with van der Waals surface area (Å²) >= 11 is 0. The number of amides is 1. The van der Waals surface area contributed by atoms with E-state index in [1.54, 1.807) is 29.2 Å². The Hall–Kier alpha value is -4.79. The van der Waals surface area contributed by atoms with E-state index in [-0.39, 0.29) is 29.6 Å². The maximum atomic E-state index is 13.2. The van der Waals surface area contributed by atoms with Gasteiger partial charge < -0.3 is 20.5 Å². The van der Waals surface area contributed by atoms with E-state index in [9.17, 15) is 19.1 Å². The predicted molar refractivity (Wildman–Crippen MR) is 135 cm³/mol. The van der Waals surface area contributed by atoms with E-state index in [2.05, 4.69) is 9.97 Å². The molecule has 5 rings (SSSR count). The van der Waals surface area contributed by atoms with Crippen molar-refractivity contribution in [3.63, 3.8) is 0 Å². The Morgan fingerprint density at radius 2 is 1.68 bits per heavy atom. The lowest BCUT2D eigenvalue weighted by atomic mass is 9.91. The lowest BCUT2D eigenvalue weighted by molar-refractivity contribution is -0.143. The summed E-state index contributed by atoms with van der Waals surface area (Å²) in [5.74, 6) is -0.660. The molecule has 1 aromatic heterocycles. The van der Waals surface area contributed by atoms with Crippen LogP contribution in [0.1, 0.15) is 29.4 Å². The number of halogens is 1. The molecule has 0 bridgehead atoms. The van der Waals surface area contributed by atoms with Gasteiger partial charge in [-0.3, -0.25) is 4.79 Å². The number of rotatable bonds is 7. The van der Waals surface area contributed by atoms with Crippen molar-refractivity contribution in [3.05, 3.63) is 95.9 Å². The van der Waals surface area contributed by atoms with Crippen LogP contribution in [0.2, 0.25) is 0 Å². The third kappa shape index (κ3) is 4.35. The maximum Gasteiger partial charge on any atom is 0.330 e. The molecule has 4 aromatic rings. The van der Waals surface area contributed by atoms with Gasteiger partial charge >= 0.3 is 5.97 Å². The standard InChI is InChI=1S/C28H23FN4O4/c1-2-28(27(35)36)16-18-5-3-4-6-23(18)33(28)24-15-22(25(30)34)31-26(32-24)17-7-11-20(12-8-17)37-21-13-9-19(29)10-14-21/h3-15H,2,16H2,1H3,(H2,30,34)(H,35,36). The number of hydrogen-bond acceptors (Lipinski definition) is 6. The minimum atomic E-state index is -1.28.